The third-order valence-electron chi connectivity index (χ3n) is 2.75. The van der Waals surface area contributed by atoms with Crippen molar-refractivity contribution in [3.05, 3.63) is 23.5 Å². The van der Waals surface area contributed by atoms with E-state index in [0.29, 0.717) is 10.9 Å². The van der Waals surface area contributed by atoms with Crippen molar-refractivity contribution in [1.82, 2.24) is 10.3 Å². The Balaban J connectivity index is 1.84. The first kappa shape index (κ1) is 10.7. The van der Waals surface area contributed by atoms with E-state index in [1.165, 1.54) is 12.8 Å². The van der Waals surface area contributed by atoms with Crippen LogP contribution < -0.4 is 10.6 Å². The maximum Gasteiger partial charge on any atom is 0.0820 e. The molecule has 2 rings (SSSR count). The van der Waals surface area contributed by atoms with Gasteiger partial charge in [0.15, 0.2) is 0 Å². The maximum absolute atomic E-state index is 6.00. The van der Waals surface area contributed by atoms with Gasteiger partial charge in [-0.25, -0.2) is 0 Å². The van der Waals surface area contributed by atoms with E-state index in [0.717, 1.165) is 25.3 Å². The first-order valence-corrected chi connectivity index (χ1v) is 5.78. The zero-order chi connectivity index (χ0) is 10.5. The minimum atomic E-state index is 0.696. The van der Waals surface area contributed by atoms with Crippen LogP contribution in [0.25, 0.3) is 0 Å². The fraction of sp³-hybridized carbons (Fsp3) is 0.545. The van der Waals surface area contributed by atoms with E-state index >= 15 is 0 Å². The fourth-order valence-corrected chi connectivity index (χ4v) is 2.06. The van der Waals surface area contributed by atoms with Crippen molar-refractivity contribution in [3.8, 4) is 0 Å². The third-order valence-corrected chi connectivity index (χ3v) is 3.05. The lowest BCUT2D eigenvalue weighted by molar-refractivity contribution is 0.393. The summed E-state index contributed by atoms with van der Waals surface area (Å²) in [5.74, 6) is 0.711. The molecule has 0 amide bonds. The first-order valence-electron chi connectivity index (χ1n) is 5.40. The maximum atomic E-state index is 6.00. The Morgan fingerprint density at radius 1 is 1.60 bits per heavy atom. The predicted octanol–water partition coefficient (Wildman–Crippen LogP) is 2.15. The van der Waals surface area contributed by atoms with Gasteiger partial charge >= 0.3 is 0 Å². The first-order chi connectivity index (χ1) is 7.36. The Morgan fingerprint density at radius 2 is 2.53 bits per heavy atom. The molecule has 1 saturated heterocycles. The van der Waals surface area contributed by atoms with Crippen LogP contribution in [0.15, 0.2) is 18.5 Å². The summed E-state index contributed by atoms with van der Waals surface area (Å²) in [6.45, 7) is 3.25. The molecule has 0 spiro atoms. The number of hydrogen-bond acceptors (Lipinski definition) is 3. The second kappa shape index (κ2) is 5.33. The normalized spacial score (nSPS) is 21.3. The molecule has 0 aromatic carbocycles. The summed E-state index contributed by atoms with van der Waals surface area (Å²) in [5.41, 5.74) is 0.984. The van der Waals surface area contributed by atoms with E-state index in [-0.39, 0.29) is 0 Å². The average Bonchev–Trinajstić information content (AvgIpc) is 2.29. The number of aromatic nitrogens is 1. The van der Waals surface area contributed by atoms with Gasteiger partial charge in [-0.1, -0.05) is 11.6 Å². The van der Waals surface area contributed by atoms with Crippen molar-refractivity contribution in [2.45, 2.75) is 12.8 Å². The highest BCUT2D eigenvalue weighted by Crippen LogP contribution is 2.20. The van der Waals surface area contributed by atoms with Crippen LogP contribution in [0.2, 0.25) is 5.02 Å². The van der Waals surface area contributed by atoms with Gasteiger partial charge in [0.25, 0.3) is 0 Å². The molecule has 1 atom stereocenters. The molecule has 1 fully saturated rings. The molecule has 2 heterocycles. The number of anilines is 1. The minimum Gasteiger partial charge on any atom is -0.383 e. The Labute approximate surface area is 95.2 Å². The van der Waals surface area contributed by atoms with Crippen LogP contribution in [0.1, 0.15) is 12.8 Å². The molecule has 3 nitrogen and oxygen atoms in total. The summed E-state index contributed by atoms with van der Waals surface area (Å²) in [7, 11) is 0. The molecule has 0 aliphatic carbocycles. The van der Waals surface area contributed by atoms with E-state index in [9.17, 15) is 0 Å². The molecule has 0 bridgehead atoms. The number of halogens is 1. The van der Waals surface area contributed by atoms with Crippen LogP contribution in [-0.2, 0) is 0 Å². The molecular weight excluding hydrogens is 210 g/mol. The Morgan fingerprint density at radius 3 is 3.27 bits per heavy atom. The third kappa shape index (κ3) is 3.08. The van der Waals surface area contributed by atoms with Crippen molar-refractivity contribution in [1.29, 1.82) is 0 Å². The SMILES string of the molecule is Clc1cnccc1NCC1CCCNC1. The van der Waals surface area contributed by atoms with Gasteiger partial charge in [-0.15, -0.1) is 0 Å². The zero-order valence-electron chi connectivity index (χ0n) is 8.67. The highest BCUT2D eigenvalue weighted by atomic mass is 35.5. The van der Waals surface area contributed by atoms with Crippen LogP contribution in [0.4, 0.5) is 5.69 Å². The molecule has 1 aromatic rings. The Hall–Kier alpha value is -0.800. The molecule has 1 aliphatic heterocycles. The molecule has 4 heteroatoms. The van der Waals surface area contributed by atoms with Crippen LogP contribution in [-0.4, -0.2) is 24.6 Å². The molecule has 1 unspecified atom stereocenters. The lowest BCUT2D eigenvalue weighted by Gasteiger charge is -2.23. The minimum absolute atomic E-state index is 0.696. The van der Waals surface area contributed by atoms with Crippen molar-refractivity contribution in [3.63, 3.8) is 0 Å². The largest absolute Gasteiger partial charge is 0.383 e. The molecular formula is C11H16ClN3. The summed E-state index contributed by atoms with van der Waals surface area (Å²) < 4.78 is 0. The average molecular weight is 226 g/mol. The van der Waals surface area contributed by atoms with E-state index in [4.69, 9.17) is 11.6 Å². The van der Waals surface area contributed by atoms with Gasteiger partial charge in [-0.3, -0.25) is 4.98 Å². The van der Waals surface area contributed by atoms with Gasteiger partial charge < -0.3 is 10.6 Å². The molecule has 0 radical (unpaired) electrons. The van der Waals surface area contributed by atoms with Crippen molar-refractivity contribution in [2.75, 3.05) is 25.0 Å². The highest BCUT2D eigenvalue weighted by Gasteiger charge is 2.12. The quantitative estimate of drug-likeness (QED) is 0.828. The number of nitrogens with zero attached hydrogens (tertiary/aromatic N) is 1. The molecule has 82 valence electrons. The van der Waals surface area contributed by atoms with Gasteiger partial charge in [0.1, 0.15) is 0 Å². The van der Waals surface area contributed by atoms with Crippen LogP contribution in [0.3, 0.4) is 0 Å². The number of rotatable bonds is 3. The van der Waals surface area contributed by atoms with Crippen molar-refractivity contribution in [2.24, 2.45) is 5.92 Å². The lowest BCUT2D eigenvalue weighted by atomic mass is 10.00. The molecule has 15 heavy (non-hydrogen) atoms. The highest BCUT2D eigenvalue weighted by molar-refractivity contribution is 6.33. The van der Waals surface area contributed by atoms with E-state index in [2.05, 4.69) is 15.6 Å². The Kier molecular flexibility index (Phi) is 3.80. The summed E-state index contributed by atoms with van der Waals surface area (Å²) in [6, 6.07) is 1.92. The summed E-state index contributed by atoms with van der Waals surface area (Å²) in [5, 5.41) is 7.47. The van der Waals surface area contributed by atoms with Crippen LogP contribution in [0, 0.1) is 5.92 Å². The molecule has 1 aliphatic rings. The fourth-order valence-electron chi connectivity index (χ4n) is 1.87. The summed E-state index contributed by atoms with van der Waals surface area (Å²) in [4.78, 5) is 3.96. The zero-order valence-corrected chi connectivity index (χ0v) is 9.43. The van der Waals surface area contributed by atoms with Crippen LogP contribution in [0.5, 0.6) is 0 Å². The smallest absolute Gasteiger partial charge is 0.0820 e. The molecule has 1 aromatic heterocycles. The van der Waals surface area contributed by atoms with Gasteiger partial charge in [-0.2, -0.15) is 0 Å². The predicted molar refractivity (Wildman–Crippen MR) is 63.3 cm³/mol. The number of hydrogen-bond donors (Lipinski definition) is 2. The number of nitrogens with one attached hydrogen (secondary N) is 2. The topological polar surface area (TPSA) is 37.0 Å². The van der Waals surface area contributed by atoms with Gasteiger partial charge in [0, 0.05) is 18.9 Å². The lowest BCUT2D eigenvalue weighted by Crippen LogP contribution is -2.33. The summed E-state index contributed by atoms with van der Waals surface area (Å²) in [6.07, 6.45) is 6.00. The molecule has 0 saturated carbocycles. The second-order valence-electron chi connectivity index (χ2n) is 3.95. The van der Waals surface area contributed by atoms with Gasteiger partial charge in [-0.05, 0) is 37.9 Å². The molecule has 2 N–H and O–H groups in total. The number of pyridine rings is 1. The second-order valence-corrected chi connectivity index (χ2v) is 4.36. The van der Waals surface area contributed by atoms with E-state index < -0.39 is 0 Å². The van der Waals surface area contributed by atoms with Gasteiger partial charge in [0.05, 0.1) is 10.7 Å². The van der Waals surface area contributed by atoms with Crippen molar-refractivity contribution < 1.29 is 0 Å². The van der Waals surface area contributed by atoms with Crippen LogP contribution >= 0.6 is 11.6 Å². The standard InChI is InChI=1S/C11H16ClN3/c12-10-8-14-5-3-11(10)15-7-9-2-1-4-13-6-9/h3,5,8-9,13H,1-2,4,6-7H2,(H,14,15). The van der Waals surface area contributed by atoms with Gasteiger partial charge in [0.2, 0.25) is 0 Å². The van der Waals surface area contributed by atoms with E-state index in [1.807, 2.05) is 6.07 Å². The monoisotopic (exact) mass is 225 g/mol. The number of piperidine rings is 1. The van der Waals surface area contributed by atoms with Crippen molar-refractivity contribution >= 4 is 17.3 Å². The Bertz CT molecular complexity index is 310. The van der Waals surface area contributed by atoms with E-state index in [1.54, 1.807) is 12.4 Å². The summed E-state index contributed by atoms with van der Waals surface area (Å²) >= 11 is 6.00.